The molecule has 0 amide bonds. The van der Waals surface area contributed by atoms with Gasteiger partial charge in [0.1, 0.15) is 0 Å². The predicted molar refractivity (Wildman–Crippen MR) is 29.3 cm³/mol. The zero-order valence-corrected chi connectivity index (χ0v) is 4.85. The average molecular weight is 131 g/mol. The summed E-state index contributed by atoms with van der Waals surface area (Å²) in [5.74, 6) is 0. The van der Waals surface area contributed by atoms with Gasteiger partial charge in [-0.05, 0) is 12.1 Å². The largest absolute Gasteiger partial charge is 0.454 e. The van der Waals surface area contributed by atoms with Crippen LogP contribution in [0.3, 0.4) is 0 Å². The molecule has 1 unspecified atom stereocenters. The summed E-state index contributed by atoms with van der Waals surface area (Å²) in [6, 6.07) is 3.20. The minimum absolute atomic E-state index is 0.310. The van der Waals surface area contributed by atoms with E-state index in [1.54, 1.807) is 12.1 Å². The Morgan fingerprint density at radius 3 is 2.75 bits per heavy atom. The summed E-state index contributed by atoms with van der Waals surface area (Å²) in [5, 5.41) is 5.25. The molecular formula is C4H5NO2S. The first kappa shape index (κ1) is 5.53. The first-order chi connectivity index (χ1) is 3.80. The topological polar surface area (TPSA) is 56.2 Å². The predicted octanol–water partition coefficient (Wildman–Crippen LogP) is 0.261. The molecule has 0 aliphatic heterocycles. The van der Waals surface area contributed by atoms with Crippen molar-refractivity contribution in [1.29, 1.82) is 0 Å². The van der Waals surface area contributed by atoms with Crippen LogP contribution in [0.1, 0.15) is 0 Å². The zero-order valence-electron chi connectivity index (χ0n) is 4.03. The molecule has 1 aromatic heterocycles. The van der Waals surface area contributed by atoms with Crippen molar-refractivity contribution < 1.29 is 8.63 Å². The Hall–Kier alpha value is -0.610. The zero-order chi connectivity index (χ0) is 5.98. The summed E-state index contributed by atoms with van der Waals surface area (Å²) in [7, 11) is -1.46. The van der Waals surface area contributed by atoms with E-state index in [0.29, 0.717) is 5.09 Å². The summed E-state index contributed by atoms with van der Waals surface area (Å²) in [6.45, 7) is 0. The first-order valence-electron chi connectivity index (χ1n) is 2.00. The van der Waals surface area contributed by atoms with Crippen LogP contribution in [0.25, 0.3) is 0 Å². The fourth-order valence-electron chi connectivity index (χ4n) is 0.378. The van der Waals surface area contributed by atoms with Gasteiger partial charge in [-0.25, -0.2) is 9.35 Å². The Morgan fingerprint density at radius 2 is 2.50 bits per heavy atom. The fraction of sp³-hybridized carbons (Fsp3) is 0. The maximum atomic E-state index is 10.3. The van der Waals surface area contributed by atoms with Crippen LogP contribution < -0.4 is 5.14 Å². The second-order valence-electron chi connectivity index (χ2n) is 1.23. The molecule has 1 atom stereocenters. The molecule has 1 heterocycles. The van der Waals surface area contributed by atoms with Crippen LogP contribution in [0.5, 0.6) is 0 Å². The van der Waals surface area contributed by atoms with Crippen molar-refractivity contribution in [3.05, 3.63) is 18.4 Å². The lowest BCUT2D eigenvalue weighted by atomic mass is 10.7. The lowest BCUT2D eigenvalue weighted by Gasteiger charge is -1.81. The van der Waals surface area contributed by atoms with E-state index >= 15 is 0 Å². The van der Waals surface area contributed by atoms with Crippen molar-refractivity contribution in [3.63, 3.8) is 0 Å². The molecule has 0 saturated carbocycles. The summed E-state index contributed by atoms with van der Waals surface area (Å²) >= 11 is 0. The van der Waals surface area contributed by atoms with E-state index in [4.69, 9.17) is 5.14 Å². The highest BCUT2D eigenvalue weighted by Crippen LogP contribution is 2.00. The minimum atomic E-state index is -1.46. The molecule has 4 heteroatoms. The molecule has 0 radical (unpaired) electrons. The van der Waals surface area contributed by atoms with E-state index in [2.05, 4.69) is 4.42 Å². The van der Waals surface area contributed by atoms with Gasteiger partial charge in [0.05, 0.1) is 6.26 Å². The Morgan fingerprint density at radius 1 is 1.75 bits per heavy atom. The molecule has 0 spiro atoms. The minimum Gasteiger partial charge on any atom is -0.454 e. The molecule has 1 aromatic rings. The number of furan rings is 1. The van der Waals surface area contributed by atoms with Crippen molar-refractivity contribution >= 4 is 11.0 Å². The standard InChI is InChI=1S/C4H5NO2S/c5-8(6)4-2-1-3-7-4/h1-3H,5H2. The van der Waals surface area contributed by atoms with E-state index in [9.17, 15) is 4.21 Å². The molecule has 2 N–H and O–H groups in total. The van der Waals surface area contributed by atoms with Crippen molar-refractivity contribution in [2.75, 3.05) is 0 Å². The smallest absolute Gasteiger partial charge is 0.205 e. The van der Waals surface area contributed by atoms with Gasteiger partial charge < -0.3 is 4.42 Å². The van der Waals surface area contributed by atoms with Gasteiger partial charge in [-0.2, -0.15) is 0 Å². The normalized spacial score (nSPS) is 13.6. The van der Waals surface area contributed by atoms with Crippen molar-refractivity contribution in [2.24, 2.45) is 5.14 Å². The Balaban J connectivity index is 2.93. The third kappa shape index (κ3) is 0.962. The lowest BCUT2D eigenvalue weighted by Crippen LogP contribution is -2.00. The molecule has 44 valence electrons. The second kappa shape index (κ2) is 2.11. The van der Waals surface area contributed by atoms with E-state index in [-0.39, 0.29) is 0 Å². The van der Waals surface area contributed by atoms with Gasteiger partial charge in [-0.1, -0.05) is 0 Å². The van der Waals surface area contributed by atoms with Gasteiger partial charge in [0.15, 0.2) is 11.0 Å². The number of rotatable bonds is 1. The van der Waals surface area contributed by atoms with Crippen LogP contribution in [0, 0.1) is 0 Å². The van der Waals surface area contributed by atoms with Gasteiger partial charge in [0.2, 0.25) is 5.09 Å². The average Bonchev–Trinajstić information content (AvgIpc) is 2.12. The van der Waals surface area contributed by atoms with Gasteiger partial charge >= 0.3 is 0 Å². The third-order valence-electron chi connectivity index (χ3n) is 0.693. The maximum absolute atomic E-state index is 10.3. The van der Waals surface area contributed by atoms with Gasteiger partial charge in [0, 0.05) is 0 Å². The number of hydrogen-bond acceptors (Lipinski definition) is 2. The molecule has 0 fully saturated rings. The van der Waals surface area contributed by atoms with Crippen LogP contribution in [-0.4, -0.2) is 4.21 Å². The highest BCUT2D eigenvalue weighted by Gasteiger charge is 1.96. The van der Waals surface area contributed by atoms with E-state index in [1.165, 1.54) is 6.26 Å². The van der Waals surface area contributed by atoms with E-state index < -0.39 is 11.0 Å². The molecule has 0 saturated heterocycles. The molecular weight excluding hydrogens is 126 g/mol. The summed E-state index contributed by atoms with van der Waals surface area (Å²) in [6.07, 6.45) is 1.43. The maximum Gasteiger partial charge on any atom is 0.205 e. The number of hydrogen-bond donors (Lipinski definition) is 1. The molecule has 0 bridgehead atoms. The molecule has 1 rings (SSSR count). The van der Waals surface area contributed by atoms with Crippen LogP contribution >= 0.6 is 0 Å². The summed E-state index contributed by atoms with van der Waals surface area (Å²) in [4.78, 5) is 0. The fourth-order valence-corrected chi connectivity index (χ4v) is 0.741. The van der Waals surface area contributed by atoms with Crippen LogP contribution in [-0.2, 0) is 11.0 Å². The molecule has 8 heavy (non-hydrogen) atoms. The van der Waals surface area contributed by atoms with Gasteiger partial charge in [0.25, 0.3) is 0 Å². The Bertz CT molecular complexity index is 182. The van der Waals surface area contributed by atoms with Gasteiger partial charge in [-0.15, -0.1) is 0 Å². The van der Waals surface area contributed by atoms with Crippen molar-refractivity contribution in [2.45, 2.75) is 5.09 Å². The third-order valence-corrected chi connectivity index (χ3v) is 1.32. The van der Waals surface area contributed by atoms with E-state index in [0.717, 1.165) is 0 Å². The van der Waals surface area contributed by atoms with E-state index in [1.807, 2.05) is 0 Å². The van der Waals surface area contributed by atoms with Crippen LogP contribution in [0.4, 0.5) is 0 Å². The molecule has 3 nitrogen and oxygen atoms in total. The SMILES string of the molecule is NS(=O)c1ccco1. The quantitative estimate of drug-likeness (QED) is 0.594. The monoisotopic (exact) mass is 131 g/mol. The molecule has 0 aliphatic carbocycles. The highest BCUT2D eigenvalue weighted by molar-refractivity contribution is 7.82. The molecule has 0 aliphatic rings. The number of nitrogens with two attached hydrogens (primary N) is 1. The lowest BCUT2D eigenvalue weighted by molar-refractivity contribution is 0.465. The van der Waals surface area contributed by atoms with Crippen LogP contribution in [0.2, 0.25) is 0 Å². The van der Waals surface area contributed by atoms with Crippen LogP contribution in [0.15, 0.2) is 27.9 Å². The Kier molecular flexibility index (Phi) is 1.45. The summed E-state index contributed by atoms with van der Waals surface area (Å²) < 4.78 is 15.0. The first-order valence-corrected chi connectivity index (χ1v) is 3.21. The highest BCUT2D eigenvalue weighted by atomic mass is 32.2. The van der Waals surface area contributed by atoms with Crippen molar-refractivity contribution in [3.8, 4) is 0 Å². The summed E-state index contributed by atoms with van der Waals surface area (Å²) in [5.41, 5.74) is 0. The Labute approximate surface area is 49.1 Å². The van der Waals surface area contributed by atoms with Crippen molar-refractivity contribution in [1.82, 2.24) is 0 Å². The second-order valence-corrected chi connectivity index (χ2v) is 2.23. The van der Waals surface area contributed by atoms with Gasteiger partial charge in [-0.3, -0.25) is 0 Å². The molecule has 0 aromatic carbocycles.